The van der Waals surface area contributed by atoms with Crippen LogP contribution in [0.5, 0.6) is 0 Å². The van der Waals surface area contributed by atoms with Gasteiger partial charge in [-0.05, 0) is 89.9 Å². The van der Waals surface area contributed by atoms with Gasteiger partial charge in [0.25, 0.3) is 0 Å². The lowest BCUT2D eigenvalue weighted by molar-refractivity contribution is -0.143. The standard InChI is InChI=1S/C88H167NO5/c1-3-5-7-9-11-13-15-17-19-21-23-45-48-52-56-60-64-68-72-76-80-86(91)85(84-90)89-87(92)81-77-73-69-65-61-57-53-49-46-43-41-39-37-35-33-31-29-27-25-24-26-28-30-32-34-36-38-40-42-44-47-51-55-59-63-67-71-75-79-83-94-88(93)82-78-74-70-66-62-58-54-50-22-20-18-16-14-12-10-8-6-4-2/h14,16,20,22,24-25,28,30,85-86,90-91H,3-13,15,17-19,21,23,26-27,29,31-84H2,1-2H3,(H,89,92)/b16-14-,22-20-,25-24-,30-28-. The van der Waals surface area contributed by atoms with E-state index in [2.05, 4.69) is 67.8 Å². The Morgan fingerprint density at radius 1 is 0.298 bits per heavy atom. The third kappa shape index (κ3) is 78.8. The van der Waals surface area contributed by atoms with Crippen LogP contribution in [0.2, 0.25) is 0 Å². The molecule has 0 bridgehead atoms. The van der Waals surface area contributed by atoms with Gasteiger partial charge in [-0.2, -0.15) is 0 Å². The first-order valence-corrected chi connectivity index (χ1v) is 42.9. The van der Waals surface area contributed by atoms with Crippen LogP contribution in [0.15, 0.2) is 48.6 Å². The van der Waals surface area contributed by atoms with Crippen molar-refractivity contribution in [3.63, 3.8) is 0 Å². The molecule has 0 aromatic heterocycles. The zero-order valence-electron chi connectivity index (χ0n) is 63.7. The fraction of sp³-hybridized carbons (Fsp3) is 0.886. The molecule has 0 aliphatic heterocycles. The lowest BCUT2D eigenvalue weighted by Gasteiger charge is -2.22. The molecule has 0 fully saturated rings. The lowest BCUT2D eigenvalue weighted by atomic mass is 10.0. The quantitative estimate of drug-likeness (QED) is 0.0320. The molecule has 94 heavy (non-hydrogen) atoms. The second-order valence-corrected chi connectivity index (χ2v) is 29.5. The van der Waals surface area contributed by atoms with Crippen LogP contribution in [0.4, 0.5) is 0 Å². The van der Waals surface area contributed by atoms with Crippen LogP contribution >= 0.6 is 0 Å². The summed E-state index contributed by atoms with van der Waals surface area (Å²) in [6, 6.07) is -0.541. The predicted molar refractivity (Wildman–Crippen MR) is 416 cm³/mol. The molecular formula is C88H167NO5. The smallest absolute Gasteiger partial charge is 0.305 e. The zero-order chi connectivity index (χ0) is 67.7. The van der Waals surface area contributed by atoms with E-state index >= 15 is 0 Å². The van der Waals surface area contributed by atoms with E-state index in [-0.39, 0.29) is 18.5 Å². The van der Waals surface area contributed by atoms with E-state index in [9.17, 15) is 19.8 Å². The number of hydrogen-bond acceptors (Lipinski definition) is 5. The molecule has 6 heteroatoms. The third-order valence-electron chi connectivity index (χ3n) is 20.1. The fourth-order valence-corrected chi connectivity index (χ4v) is 13.6. The van der Waals surface area contributed by atoms with Gasteiger partial charge < -0.3 is 20.3 Å². The van der Waals surface area contributed by atoms with Crippen LogP contribution in [0.3, 0.4) is 0 Å². The average molecular weight is 1320 g/mol. The molecule has 0 saturated carbocycles. The number of rotatable bonds is 81. The number of unbranched alkanes of at least 4 members (excludes halogenated alkanes) is 62. The monoisotopic (exact) mass is 1320 g/mol. The van der Waals surface area contributed by atoms with Crippen LogP contribution in [-0.2, 0) is 14.3 Å². The van der Waals surface area contributed by atoms with Gasteiger partial charge >= 0.3 is 5.97 Å². The summed E-state index contributed by atoms with van der Waals surface area (Å²) >= 11 is 0. The van der Waals surface area contributed by atoms with E-state index in [1.807, 2.05) is 0 Å². The molecule has 0 heterocycles. The number of hydrogen-bond donors (Lipinski definition) is 3. The summed E-state index contributed by atoms with van der Waals surface area (Å²) in [5.74, 6) is -0.0134. The molecule has 554 valence electrons. The highest BCUT2D eigenvalue weighted by molar-refractivity contribution is 5.76. The first kappa shape index (κ1) is 91.8. The molecular weight excluding hydrogens is 1150 g/mol. The minimum absolute atomic E-state index is 0.0136. The fourth-order valence-electron chi connectivity index (χ4n) is 13.6. The average Bonchev–Trinajstić information content (AvgIpc) is 3.37. The van der Waals surface area contributed by atoms with Gasteiger partial charge in [-0.25, -0.2) is 0 Å². The molecule has 2 unspecified atom stereocenters. The van der Waals surface area contributed by atoms with Crippen molar-refractivity contribution in [3.05, 3.63) is 48.6 Å². The topological polar surface area (TPSA) is 95.9 Å². The van der Waals surface area contributed by atoms with Crippen LogP contribution < -0.4 is 5.32 Å². The summed E-state index contributed by atoms with van der Waals surface area (Å²) in [4.78, 5) is 24.7. The molecule has 6 nitrogen and oxygen atoms in total. The summed E-state index contributed by atoms with van der Waals surface area (Å²) < 4.78 is 5.51. The summed E-state index contributed by atoms with van der Waals surface area (Å²) in [5, 5.41) is 23.5. The minimum Gasteiger partial charge on any atom is -0.466 e. The van der Waals surface area contributed by atoms with Gasteiger partial charge in [0.15, 0.2) is 0 Å². The summed E-state index contributed by atoms with van der Waals surface area (Å²) in [6.07, 6.45) is 111. The highest BCUT2D eigenvalue weighted by Gasteiger charge is 2.20. The number of nitrogens with one attached hydrogen (secondary N) is 1. The first-order valence-electron chi connectivity index (χ1n) is 42.9. The van der Waals surface area contributed by atoms with Crippen molar-refractivity contribution < 1.29 is 24.5 Å². The Morgan fingerprint density at radius 2 is 0.532 bits per heavy atom. The molecule has 0 aliphatic carbocycles. The lowest BCUT2D eigenvalue weighted by Crippen LogP contribution is -2.45. The maximum Gasteiger partial charge on any atom is 0.305 e. The largest absolute Gasteiger partial charge is 0.466 e. The van der Waals surface area contributed by atoms with Crippen molar-refractivity contribution in [3.8, 4) is 0 Å². The molecule has 0 aliphatic rings. The number of carbonyl (C=O) groups excluding carboxylic acids is 2. The molecule has 1 amide bonds. The van der Waals surface area contributed by atoms with Gasteiger partial charge in [0, 0.05) is 12.8 Å². The van der Waals surface area contributed by atoms with Crippen LogP contribution in [0.1, 0.15) is 476 Å². The van der Waals surface area contributed by atoms with E-state index in [0.29, 0.717) is 25.9 Å². The number of amides is 1. The van der Waals surface area contributed by atoms with Crippen LogP contribution in [0, 0.1) is 0 Å². The van der Waals surface area contributed by atoms with Crippen molar-refractivity contribution >= 4 is 11.9 Å². The number of esters is 1. The van der Waals surface area contributed by atoms with Gasteiger partial charge in [0.05, 0.1) is 25.4 Å². The third-order valence-corrected chi connectivity index (χ3v) is 20.1. The Kier molecular flexibility index (Phi) is 81.3. The van der Waals surface area contributed by atoms with Crippen LogP contribution in [0.25, 0.3) is 0 Å². The van der Waals surface area contributed by atoms with Crippen molar-refractivity contribution in [1.29, 1.82) is 0 Å². The second-order valence-electron chi connectivity index (χ2n) is 29.5. The van der Waals surface area contributed by atoms with Crippen molar-refractivity contribution in [2.75, 3.05) is 13.2 Å². The van der Waals surface area contributed by atoms with Gasteiger partial charge in [-0.3, -0.25) is 9.59 Å². The van der Waals surface area contributed by atoms with Crippen molar-refractivity contribution in [1.82, 2.24) is 5.32 Å². The first-order chi connectivity index (χ1) is 46.5. The molecule has 2 atom stereocenters. The summed E-state index contributed by atoms with van der Waals surface area (Å²) in [6.45, 7) is 4.98. The highest BCUT2D eigenvalue weighted by atomic mass is 16.5. The number of allylic oxidation sites excluding steroid dienone is 8. The predicted octanol–water partition coefficient (Wildman–Crippen LogP) is 28.7. The molecule has 3 N–H and O–H groups in total. The van der Waals surface area contributed by atoms with Gasteiger partial charge in [-0.15, -0.1) is 0 Å². The Bertz CT molecular complexity index is 1570. The summed E-state index contributed by atoms with van der Waals surface area (Å²) in [5.41, 5.74) is 0. The summed E-state index contributed by atoms with van der Waals surface area (Å²) in [7, 11) is 0. The van der Waals surface area contributed by atoms with Crippen molar-refractivity contribution in [2.24, 2.45) is 0 Å². The van der Waals surface area contributed by atoms with Crippen molar-refractivity contribution in [2.45, 2.75) is 488 Å². The van der Waals surface area contributed by atoms with Gasteiger partial charge in [0.2, 0.25) is 5.91 Å². The highest BCUT2D eigenvalue weighted by Crippen LogP contribution is 2.20. The van der Waals surface area contributed by atoms with E-state index in [4.69, 9.17) is 4.74 Å². The van der Waals surface area contributed by atoms with Gasteiger partial charge in [-0.1, -0.05) is 422 Å². The van der Waals surface area contributed by atoms with E-state index < -0.39 is 12.1 Å². The molecule has 0 spiro atoms. The normalized spacial score (nSPS) is 12.7. The number of carbonyl (C=O) groups is 2. The Balaban J connectivity index is 3.35. The molecule has 0 rings (SSSR count). The second kappa shape index (κ2) is 83.2. The molecule has 0 aromatic rings. The molecule has 0 saturated heterocycles. The maximum absolute atomic E-state index is 12.6. The minimum atomic E-state index is -0.664. The number of aliphatic hydroxyl groups excluding tert-OH is 2. The zero-order valence-corrected chi connectivity index (χ0v) is 63.7. The Hall–Kier alpha value is -2.18. The maximum atomic E-state index is 12.6. The number of aliphatic hydroxyl groups is 2. The Morgan fingerprint density at radius 3 is 0.819 bits per heavy atom. The number of ether oxygens (including phenoxy) is 1. The van der Waals surface area contributed by atoms with Crippen LogP contribution in [-0.4, -0.2) is 47.4 Å². The van der Waals surface area contributed by atoms with E-state index in [0.717, 1.165) is 57.8 Å². The molecule has 0 radical (unpaired) electrons. The van der Waals surface area contributed by atoms with Gasteiger partial charge in [0.1, 0.15) is 0 Å². The SMILES string of the molecule is CCCCCC/C=C\C/C=C\CCCCCCCCCC(=O)OCCCCCCCCCCCCCCCCC/C=C\C/C=C\CCCCCCCCCCCCCCCCCCCC(=O)NC(CO)C(O)CCCCCCCCCCCCCCCCCCCCCC. The molecule has 0 aromatic carbocycles. The Labute approximate surface area is 588 Å². The van der Waals surface area contributed by atoms with E-state index in [1.54, 1.807) is 0 Å². The van der Waals surface area contributed by atoms with E-state index in [1.165, 1.54) is 385 Å².